The second kappa shape index (κ2) is 4.94. The number of hydrogen-bond acceptors (Lipinski definition) is 3. The van der Waals surface area contributed by atoms with Crippen molar-refractivity contribution in [3.05, 3.63) is 0 Å². The molecule has 1 fully saturated rings. The smallest absolute Gasteiger partial charge is 0.410 e. The Balaban J connectivity index is 2.62. The standard InChI is InChI=1S/C12H21NO4/c1-8-5-6-13(7-9(8)10(14)15)11(16)17-12(2,3)4/h8-9H,5-7H2,1-4H3,(H,14,15)/t8-,9+/m0/s1. The third-order valence-electron chi connectivity index (χ3n) is 2.93. The van der Waals surface area contributed by atoms with Gasteiger partial charge >= 0.3 is 12.1 Å². The normalized spacial score (nSPS) is 25.5. The summed E-state index contributed by atoms with van der Waals surface area (Å²) >= 11 is 0. The van der Waals surface area contributed by atoms with Gasteiger partial charge < -0.3 is 14.7 Å². The second-order valence-electron chi connectivity index (χ2n) is 5.64. The number of aliphatic carboxylic acids is 1. The molecule has 1 rings (SSSR count). The zero-order chi connectivity index (χ0) is 13.2. The lowest BCUT2D eigenvalue weighted by molar-refractivity contribution is -0.145. The minimum absolute atomic E-state index is 0.103. The van der Waals surface area contributed by atoms with Crippen LogP contribution in [0.25, 0.3) is 0 Å². The summed E-state index contributed by atoms with van der Waals surface area (Å²) in [7, 11) is 0. The molecular weight excluding hydrogens is 222 g/mol. The zero-order valence-electron chi connectivity index (χ0n) is 10.9. The molecule has 0 saturated carbocycles. The summed E-state index contributed by atoms with van der Waals surface area (Å²) in [5.41, 5.74) is -0.543. The summed E-state index contributed by atoms with van der Waals surface area (Å²) in [4.78, 5) is 24.3. The third kappa shape index (κ3) is 3.91. The van der Waals surface area contributed by atoms with Gasteiger partial charge in [0.05, 0.1) is 5.92 Å². The van der Waals surface area contributed by atoms with Crippen molar-refractivity contribution >= 4 is 12.1 Å². The maximum atomic E-state index is 11.8. The summed E-state index contributed by atoms with van der Waals surface area (Å²) in [5, 5.41) is 9.06. The summed E-state index contributed by atoms with van der Waals surface area (Å²) in [6, 6.07) is 0. The first-order chi connectivity index (χ1) is 7.70. The zero-order valence-corrected chi connectivity index (χ0v) is 10.9. The van der Waals surface area contributed by atoms with Gasteiger partial charge in [-0.05, 0) is 33.1 Å². The first-order valence-corrected chi connectivity index (χ1v) is 5.91. The van der Waals surface area contributed by atoms with E-state index in [0.717, 1.165) is 0 Å². The van der Waals surface area contributed by atoms with Crippen molar-refractivity contribution in [3.63, 3.8) is 0 Å². The number of carboxylic acids is 1. The Labute approximate surface area is 102 Å². The number of carboxylic acid groups (broad SMARTS) is 1. The van der Waals surface area contributed by atoms with Gasteiger partial charge in [-0.15, -0.1) is 0 Å². The molecule has 1 aliphatic rings. The SMILES string of the molecule is C[C@H]1CCN(C(=O)OC(C)(C)C)C[C@H]1C(=O)O. The molecule has 0 aromatic carbocycles. The van der Waals surface area contributed by atoms with Crippen molar-refractivity contribution in [1.82, 2.24) is 4.90 Å². The first kappa shape index (κ1) is 13.8. The van der Waals surface area contributed by atoms with Crippen LogP contribution in [0.2, 0.25) is 0 Å². The maximum Gasteiger partial charge on any atom is 0.410 e. The Morgan fingerprint density at radius 2 is 1.94 bits per heavy atom. The highest BCUT2D eigenvalue weighted by Gasteiger charge is 2.35. The van der Waals surface area contributed by atoms with Crippen molar-refractivity contribution in [3.8, 4) is 0 Å². The molecule has 0 radical (unpaired) electrons. The van der Waals surface area contributed by atoms with Gasteiger partial charge in [-0.3, -0.25) is 4.79 Å². The van der Waals surface area contributed by atoms with Gasteiger partial charge in [0.2, 0.25) is 0 Å². The predicted octanol–water partition coefficient (Wildman–Crippen LogP) is 1.96. The minimum atomic E-state index is -0.842. The molecule has 1 heterocycles. The molecule has 0 aromatic heterocycles. The predicted molar refractivity (Wildman–Crippen MR) is 62.7 cm³/mol. The van der Waals surface area contributed by atoms with Gasteiger partial charge in [-0.1, -0.05) is 6.92 Å². The quantitative estimate of drug-likeness (QED) is 0.764. The molecule has 1 aliphatic heterocycles. The molecule has 1 saturated heterocycles. The molecular formula is C12H21NO4. The Morgan fingerprint density at radius 1 is 1.35 bits per heavy atom. The molecule has 0 aliphatic carbocycles. The number of amides is 1. The molecule has 5 heteroatoms. The molecule has 1 amide bonds. The van der Waals surface area contributed by atoms with Crippen molar-refractivity contribution in [1.29, 1.82) is 0 Å². The largest absolute Gasteiger partial charge is 0.481 e. The van der Waals surface area contributed by atoms with E-state index >= 15 is 0 Å². The monoisotopic (exact) mass is 243 g/mol. The minimum Gasteiger partial charge on any atom is -0.481 e. The molecule has 5 nitrogen and oxygen atoms in total. The number of ether oxygens (including phenoxy) is 1. The van der Waals surface area contributed by atoms with Gasteiger partial charge in [0.25, 0.3) is 0 Å². The van der Waals surface area contributed by atoms with Crippen LogP contribution in [0.4, 0.5) is 4.79 Å². The van der Waals surface area contributed by atoms with Crippen LogP contribution in [-0.4, -0.2) is 40.8 Å². The van der Waals surface area contributed by atoms with Crippen molar-refractivity contribution in [2.45, 2.75) is 39.7 Å². The summed E-state index contributed by atoms with van der Waals surface area (Å²) in [6.07, 6.45) is 0.284. The Morgan fingerprint density at radius 3 is 2.41 bits per heavy atom. The van der Waals surface area contributed by atoms with Crippen LogP contribution in [0.5, 0.6) is 0 Å². The summed E-state index contributed by atoms with van der Waals surface area (Å²) in [5.74, 6) is -1.23. The lowest BCUT2D eigenvalue weighted by atomic mass is 9.87. The maximum absolute atomic E-state index is 11.8. The first-order valence-electron chi connectivity index (χ1n) is 5.91. The van der Waals surface area contributed by atoms with E-state index in [0.29, 0.717) is 13.0 Å². The van der Waals surface area contributed by atoms with E-state index < -0.39 is 23.6 Å². The van der Waals surface area contributed by atoms with Gasteiger partial charge in [0.15, 0.2) is 0 Å². The van der Waals surface area contributed by atoms with Gasteiger partial charge in [0.1, 0.15) is 5.60 Å². The van der Waals surface area contributed by atoms with E-state index in [9.17, 15) is 9.59 Å². The van der Waals surface area contributed by atoms with E-state index in [4.69, 9.17) is 9.84 Å². The van der Waals surface area contributed by atoms with Crippen LogP contribution in [-0.2, 0) is 9.53 Å². The average molecular weight is 243 g/mol. The van der Waals surface area contributed by atoms with Gasteiger partial charge in [0, 0.05) is 13.1 Å². The van der Waals surface area contributed by atoms with Crippen LogP contribution in [0.1, 0.15) is 34.1 Å². The fraction of sp³-hybridized carbons (Fsp3) is 0.833. The van der Waals surface area contributed by atoms with E-state index in [2.05, 4.69) is 0 Å². The Kier molecular flexibility index (Phi) is 4.01. The van der Waals surface area contributed by atoms with E-state index in [1.54, 1.807) is 20.8 Å². The fourth-order valence-electron chi connectivity index (χ4n) is 1.88. The highest BCUT2D eigenvalue weighted by molar-refractivity contribution is 5.73. The van der Waals surface area contributed by atoms with E-state index in [1.165, 1.54) is 4.90 Å². The Bertz CT molecular complexity index is 308. The molecule has 0 bridgehead atoms. The lowest BCUT2D eigenvalue weighted by Crippen LogP contribution is -2.47. The molecule has 1 N–H and O–H groups in total. The van der Waals surface area contributed by atoms with Crippen LogP contribution in [0.15, 0.2) is 0 Å². The van der Waals surface area contributed by atoms with Crippen LogP contribution < -0.4 is 0 Å². The number of rotatable bonds is 1. The van der Waals surface area contributed by atoms with E-state index in [-0.39, 0.29) is 12.5 Å². The van der Waals surface area contributed by atoms with Crippen molar-refractivity contribution < 1.29 is 19.4 Å². The molecule has 98 valence electrons. The number of carbonyl (C=O) groups is 2. The fourth-order valence-corrected chi connectivity index (χ4v) is 1.88. The Hall–Kier alpha value is -1.26. The van der Waals surface area contributed by atoms with Crippen molar-refractivity contribution in [2.24, 2.45) is 11.8 Å². The molecule has 0 unspecified atom stereocenters. The van der Waals surface area contributed by atoms with Gasteiger partial charge in [-0.2, -0.15) is 0 Å². The van der Waals surface area contributed by atoms with Gasteiger partial charge in [-0.25, -0.2) is 4.79 Å². The topological polar surface area (TPSA) is 66.8 Å². The number of nitrogens with zero attached hydrogens (tertiary/aromatic N) is 1. The van der Waals surface area contributed by atoms with Crippen LogP contribution >= 0.6 is 0 Å². The number of piperidine rings is 1. The second-order valence-corrected chi connectivity index (χ2v) is 5.64. The lowest BCUT2D eigenvalue weighted by Gasteiger charge is -2.35. The number of hydrogen-bond donors (Lipinski definition) is 1. The summed E-state index contributed by atoms with van der Waals surface area (Å²) < 4.78 is 5.23. The summed E-state index contributed by atoms with van der Waals surface area (Å²) in [6.45, 7) is 8.11. The molecule has 0 spiro atoms. The van der Waals surface area contributed by atoms with E-state index in [1.807, 2.05) is 6.92 Å². The average Bonchev–Trinajstić information content (AvgIpc) is 2.14. The highest BCUT2D eigenvalue weighted by atomic mass is 16.6. The third-order valence-corrected chi connectivity index (χ3v) is 2.93. The van der Waals surface area contributed by atoms with Crippen molar-refractivity contribution in [2.75, 3.05) is 13.1 Å². The number of likely N-dealkylation sites (tertiary alicyclic amines) is 1. The highest BCUT2D eigenvalue weighted by Crippen LogP contribution is 2.24. The number of carbonyl (C=O) groups excluding carboxylic acids is 1. The molecule has 17 heavy (non-hydrogen) atoms. The van der Waals surface area contributed by atoms with Crippen LogP contribution in [0.3, 0.4) is 0 Å². The molecule has 0 aromatic rings. The van der Waals surface area contributed by atoms with Crippen LogP contribution in [0, 0.1) is 11.8 Å². The molecule has 2 atom stereocenters.